The molecule has 2 amide bonds. The molecular formula is C24H27FN2O4S. The van der Waals surface area contributed by atoms with Crippen molar-refractivity contribution in [3.63, 3.8) is 0 Å². The first-order chi connectivity index (χ1) is 14.9. The number of nitrogens with zero attached hydrogens (tertiary/aromatic N) is 1. The summed E-state index contributed by atoms with van der Waals surface area (Å²) >= 11 is -1.35. The third kappa shape index (κ3) is 4.02. The third-order valence-corrected chi connectivity index (χ3v) is 7.43. The standard InChI is InChI=1S/C24H27FN2O4S/c1-14(26-32(30)23(2,3)4)19-11-16(25)10-15-12-24(5,31-20(15)19)13-27-21(28)17-8-6-7-9-18(17)22(27)29/h6-11,14,26H,12-13H2,1-5H3/t14-,24-,32?/m1/s1. The van der Waals surface area contributed by atoms with Gasteiger partial charge in [0, 0.05) is 28.9 Å². The average molecular weight is 459 g/mol. The van der Waals surface area contributed by atoms with Gasteiger partial charge in [-0.05, 0) is 58.9 Å². The maximum atomic E-state index is 14.4. The summed E-state index contributed by atoms with van der Waals surface area (Å²) < 4.78 is 35.8. The molecule has 0 bridgehead atoms. The highest BCUT2D eigenvalue weighted by atomic mass is 32.2. The zero-order valence-electron chi connectivity index (χ0n) is 18.8. The molecule has 0 aromatic heterocycles. The van der Waals surface area contributed by atoms with Crippen molar-refractivity contribution in [1.29, 1.82) is 0 Å². The van der Waals surface area contributed by atoms with Crippen LogP contribution >= 0.6 is 0 Å². The van der Waals surface area contributed by atoms with Crippen molar-refractivity contribution in [2.75, 3.05) is 6.54 Å². The third-order valence-electron chi connectivity index (χ3n) is 5.75. The molecule has 0 saturated carbocycles. The molecule has 0 fully saturated rings. The molecule has 0 radical (unpaired) electrons. The predicted octanol–water partition coefficient (Wildman–Crippen LogP) is 3.93. The molecule has 8 heteroatoms. The maximum absolute atomic E-state index is 14.4. The number of carbonyl (C=O) groups is 2. The first-order valence-electron chi connectivity index (χ1n) is 10.5. The van der Waals surface area contributed by atoms with Gasteiger partial charge in [0.1, 0.15) is 21.9 Å². The van der Waals surface area contributed by atoms with E-state index in [1.165, 1.54) is 17.0 Å². The average Bonchev–Trinajstić information content (AvgIpc) is 3.16. The van der Waals surface area contributed by atoms with Crippen LogP contribution in [0.3, 0.4) is 0 Å². The summed E-state index contributed by atoms with van der Waals surface area (Å²) in [5.41, 5.74) is 1.08. The zero-order chi connectivity index (χ0) is 23.4. The number of halogens is 1. The van der Waals surface area contributed by atoms with Crippen molar-refractivity contribution < 1.29 is 23.3 Å². The predicted molar refractivity (Wildman–Crippen MR) is 120 cm³/mol. The van der Waals surface area contributed by atoms with Gasteiger partial charge >= 0.3 is 0 Å². The summed E-state index contributed by atoms with van der Waals surface area (Å²) in [5, 5.41) is 0. The van der Waals surface area contributed by atoms with E-state index in [9.17, 15) is 18.5 Å². The smallest absolute Gasteiger partial charge is 0.261 e. The summed E-state index contributed by atoms with van der Waals surface area (Å²) in [4.78, 5) is 26.8. The fourth-order valence-corrected chi connectivity index (χ4v) is 4.94. The lowest BCUT2D eigenvalue weighted by Gasteiger charge is -2.30. The molecule has 0 spiro atoms. The number of carbonyl (C=O) groups excluding carboxylic acids is 2. The second-order valence-electron chi connectivity index (χ2n) is 9.67. The Morgan fingerprint density at radius 3 is 2.38 bits per heavy atom. The zero-order valence-corrected chi connectivity index (χ0v) is 19.6. The normalized spacial score (nSPS) is 21.9. The molecule has 32 heavy (non-hydrogen) atoms. The molecule has 3 atom stereocenters. The minimum atomic E-state index is -1.35. The van der Waals surface area contributed by atoms with Gasteiger partial charge in [-0.15, -0.1) is 4.72 Å². The number of imide groups is 1. The Kier molecular flexibility index (Phi) is 5.59. The van der Waals surface area contributed by atoms with Gasteiger partial charge < -0.3 is 9.29 Å². The molecule has 2 aliphatic heterocycles. The molecule has 170 valence electrons. The van der Waals surface area contributed by atoms with Gasteiger partial charge in [-0.3, -0.25) is 14.5 Å². The summed E-state index contributed by atoms with van der Waals surface area (Å²) in [7, 11) is 0. The molecule has 2 aromatic rings. The Balaban J connectivity index is 1.58. The van der Waals surface area contributed by atoms with Crippen LogP contribution in [0.2, 0.25) is 0 Å². The quantitative estimate of drug-likeness (QED) is 0.542. The molecule has 4 rings (SSSR count). The lowest BCUT2D eigenvalue weighted by Crippen LogP contribution is -2.46. The largest absolute Gasteiger partial charge is 0.598 e. The van der Waals surface area contributed by atoms with Crippen LogP contribution in [-0.2, 0) is 17.8 Å². The Bertz CT molecular complexity index is 1060. The number of ether oxygens (including phenoxy) is 1. The Morgan fingerprint density at radius 1 is 1.22 bits per heavy atom. The van der Waals surface area contributed by atoms with E-state index in [1.807, 2.05) is 34.6 Å². The van der Waals surface area contributed by atoms with Crippen LogP contribution in [-0.4, -0.2) is 38.2 Å². The number of benzene rings is 2. The van der Waals surface area contributed by atoms with Crippen LogP contribution < -0.4 is 9.46 Å². The van der Waals surface area contributed by atoms with Crippen LogP contribution in [0.15, 0.2) is 36.4 Å². The van der Waals surface area contributed by atoms with E-state index >= 15 is 0 Å². The van der Waals surface area contributed by atoms with E-state index in [4.69, 9.17) is 4.74 Å². The minimum absolute atomic E-state index is 0.0464. The SMILES string of the molecule is C[C@@H](N[S+]([O-])C(C)(C)C)c1cc(F)cc2c1O[C@@](C)(CN1C(=O)c3ccccc3C1=O)C2. The monoisotopic (exact) mass is 458 g/mol. The number of rotatable bonds is 5. The fourth-order valence-electron chi connectivity index (χ4n) is 4.14. The van der Waals surface area contributed by atoms with E-state index in [0.717, 1.165) is 0 Å². The minimum Gasteiger partial charge on any atom is -0.598 e. The molecule has 1 N–H and O–H groups in total. The molecular weight excluding hydrogens is 431 g/mol. The highest BCUT2D eigenvalue weighted by molar-refractivity contribution is 7.90. The van der Waals surface area contributed by atoms with Crippen molar-refractivity contribution in [3.05, 3.63) is 64.5 Å². The number of hydrogen-bond donors (Lipinski definition) is 1. The molecule has 6 nitrogen and oxygen atoms in total. The van der Waals surface area contributed by atoms with Crippen molar-refractivity contribution in [2.45, 2.75) is 57.4 Å². The van der Waals surface area contributed by atoms with Crippen LogP contribution in [0.5, 0.6) is 5.75 Å². The van der Waals surface area contributed by atoms with Crippen LogP contribution in [0.25, 0.3) is 0 Å². The van der Waals surface area contributed by atoms with Gasteiger partial charge in [0.15, 0.2) is 0 Å². The summed E-state index contributed by atoms with van der Waals surface area (Å²) in [5.74, 6) is -0.610. The number of nitrogens with one attached hydrogen (secondary N) is 1. The second kappa shape index (κ2) is 7.86. The van der Waals surface area contributed by atoms with E-state index in [-0.39, 0.29) is 18.4 Å². The van der Waals surface area contributed by atoms with Crippen molar-refractivity contribution in [3.8, 4) is 5.75 Å². The lowest BCUT2D eigenvalue weighted by molar-refractivity contribution is 0.0416. The van der Waals surface area contributed by atoms with E-state index in [0.29, 0.717) is 34.4 Å². The van der Waals surface area contributed by atoms with Gasteiger partial charge in [0.2, 0.25) is 0 Å². The highest BCUT2D eigenvalue weighted by Crippen LogP contribution is 2.42. The van der Waals surface area contributed by atoms with Gasteiger partial charge in [-0.2, -0.15) is 0 Å². The molecule has 0 saturated heterocycles. The molecule has 2 heterocycles. The summed E-state index contributed by atoms with van der Waals surface area (Å²) in [6.45, 7) is 9.23. The number of fused-ring (bicyclic) bond motifs is 2. The Morgan fingerprint density at radius 2 is 1.81 bits per heavy atom. The van der Waals surface area contributed by atoms with Crippen LogP contribution in [0.4, 0.5) is 4.39 Å². The van der Waals surface area contributed by atoms with E-state index < -0.39 is 33.6 Å². The van der Waals surface area contributed by atoms with Gasteiger partial charge in [-0.25, -0.2) is 4.39 Å². The summed E-state index contributed by atoms with van der Waals surface area (Å²) in [6, 6.07) is 9.09. The van der Waals surface area contributed by atoms with Crippen LogP contribution in [0.1, 0.15) is 72.5 Å². The number of hydrogen-bond acceptors (Lipinski definition) is 5. The molecule has 2 aromatic carbocycles. The van der Waals surface area contributed by atoms with Gasteiger partial charge in [0.05, 0.1) is 23.7 Å². The maximum Gasteiger partial charge on any atom is 0.261 e. The Labute approximate surface area is 190 Å². The molecule has 2 aliphatic rings. The first-order valence-corrected chi connectivity index (χ1v) is 11.7. The number of amides is 2. The fraction of sp³-hybridized carbons (Fsp3) is 0.417. The van der Waals surface area contributed by atoms with Crippen LogP contribution in [0, 0.1) is 5.82 Å². The molecule has 0 aliphatic carbocycles. The van der Waals surface area contributed by atoms with Crippen molar-refractivity contribution >= 4 is 23.2 Å². The lowest BCUT2D eigenvalue weighted by atomic mass is 9.96. The highest BCUT2D eigenvalue weighted by Gasteiger charge is 2.45. The second-order valence-corrected chi connectivity index (χ2v) is 11.7. The van der Waals surface area contributed by atoms with Crippen molar-refractivity contribution in [2.24, 2.45) is 0 Å². The van der Waals surface area contributed by atoms with E-state index in [2.05, 4.69) is 4.72 Å². The molecule has 1 unspecified atom stereocenters. The van der Waals surface area contributed by atoms with Gasteiger partial charge in [0.25, 0.3) is 11.8 Å². The topological polar surface area (TPSA) is 81.7 Å². The van der Waals surface area contributed by atoms with Crippen molar-refractivity contribution in [1.82, 2.24) is 9.62 Å². The Hall–Kier alpha value is -2.42. The summed E-state index contributed by atoms with van der Waals surface area (Å²) in [6.07, 6.45) is 0.343. The van der Waals surface area contributed by atoms with E-state index in [1.54, 1.807) is 24.3 Å². The van der Waals surface area contributed by atoms with Gasteiger partial charge in [-0.1, -0.05) is 12.1 Å². The first kappa shape index (κ1) is 22.8.